The largest absolute Gasteiger partial charge is 0.324 e. The Kier molecular flexibility index (Phi) is 2.47. The average Bonchev–Trinajstić information content (AvgIpc) is 2.26. The first kappa shape index (κ1) is 12.0. The lowest BCUT2D eigenvalue weighted by molar-refractivity contribution is -0.147. The van der Waals surface area contributed by atoms with Crippen LogP contribution in [0, 0.1) is 0 Å². The molecule has 3 rings (SSSR count). The van der Waals surface area contributed by atoms with Crippen molar-refractivity contribution in [1.29, 1.82) is 0 Å². The Labute approximate surface area is 110 Å². The van der Waals surface area contributed by atoms with Gasteiger partial charge in [-0.1, -0.05) is 24.3 Å². The summed E-state index contributed by atoms with van der Waals surface area (Å²) in [5.41, 5.74) is 1.31. The zero-order chi connectivity index (χ0) is 13.0. The van der Waals surface area contributed by atoms with Gasteiger partial charge in [-0.15, -0.1) is 0 Å². The van der Waals surface area contributed by atoms with E-state index in [0.29, 0.717) is 6.42 Å². The number of nitrogens with zero attached hydrogens (tertiary/aromatic N) is 1. The van der Waals surface area contributed by atoms with Crippen LogP contribution in [-0.4, -0.2) is 18.6 Å². The molecule has 1 heterocycles. The minimum absolute atomic E-state index is 0.232. The summed E-state index contributed by atoms with van der Waals surface area (Å²) in [4.78, 5) is 11.6. The second kappa shape index (κ2) is 3.71. The number of carbonyl (C=O) groups excluding carboxylic acids is 1. The summed E-state index contributed by atoms with van der Waals surface area (Å²) in [6.07, 6.45) is 2.67. The molecule has 1 aromatic carbocycles. The van der Waals surface area contributed by atoms with Crippen molar-refractivity contribution in [3.63, 3.8) is 0 Å². The number of hydrogen-bond donors (Lipinski definition) is 0. The third-order valence-corrected chi connectivity index (χ3v) is 5.24. The summed E-state index contributed by atoms with van der Waals surface area (Å²) in [5.74, 6) is -0.415. The van der Waals surface area contributed by atoms with E-state index in [4.69, 9.17) is 10.7 Å². The summed E-state index contributed by atoms with van der Waals surface area (Å²) in [6.45, 7) is 0. The predicted octanol–water partition coefficient (Wildman–Crippen LogP) is 1.93. The van der Waals surface area contributed by atoms with E-state index < -0.39 is 20.7 Å². The van der Waals surface area contributed by atoms with Crippen molar-refractivity contribution in [2.24, 2.45) is 0 Å². The van der Waals surface area contributed by atoms with Gasteiger partial charge in [0.1, 0.15) is 0 Å². The van der Waals surface area contributed by atoms with Crippen LogP contribution in [0.2, 0.25) is 0 Å². The summed E-state index contributed by atoms with van der Waals surface area (Å²) in [5, 5.41) is 0. The Balaban J connectivity index is 2.16. The lowest BCUT2D eigenvalue weighted by Crippen LogP contribution is -2.63. The van der Waals surface area contributed by atoms with E-state index >= 15 is 0 Å². The Morgan fingerprint density at radius 1 is 1.28 bits per heavy atom. The van der Waals surface area contributed by atoms with E-state index in [1.54, 1.807) is 0 Å². The number of hydrogen-bond acceptors (Lipinski definition) is 3. The molecule has 0 aromatic heterocycles. The maximum Gasteiger partial charge on any atom is 0.324 e. The smallest absolute Gasteiger partial charge is 0.274 e. The van der Waals surface area contributed by atoms with Crippen LogP contribution in [0.25, 0.3) is 0 Å². The van der Waals surface area contributed by atoms with Crippen LogP contribution < -0.4 is 0 Å². The minimum Gasteiger partial charge on any atom is -0.274 e. The lowest BCUT2D eigenvalue weighted by atomic mass is 9.70. The van der Waals surface area contributed by atoms with Crippen molar-refractivity contribution in [3.8, 4) is 0 Å². The monoisotopic (exact) mass is 285 g/mol. The average molecular weight is 286 g/mol. The number of amides is 1. The van der Waals surface area contributed by atoms with Gasteiger partial charge in [0, 0.05) is 10.7 Å². The molecule has 6 heteroatoms. The number of benzene rings is 1. The third-order valence-electron chi connectivity index (χ3n) is 3.83. The second-order valence-electron chi connectivity index (χ2n) is 4.82. The standard InChI is InChI=1S/C12H12ClNO3S/c13-18(16,17)14-11(15)8-12(14)7-3-5-9-4-1-2-6-10(9)12/h1-2,4,6H,3,5,7-8H2. The summed E-state index contributed by atoms with van der Waals surface area (Å²) < 4.78 is 24.0. The topological polar surface area (TPSA) is 54.5 Å². The van der Waals surface area contributed by atoms with Crippen LogP contribution in [0.5, 0.6) is 0 Å². The third kappa shape index (κ3) is 1.50. The Morgan fingerprint density at radius 3 is 2.67 bits per heavy atom. The highest BCUT2D eigenvalue weighted by Gasteiger charge is 2.58. The van der Waals surface area contributed by atoms with Crippen molar-refractivity contribution in [1.82, 2.24) is 4.31 Å². The first-order valence-corrected chi connectivity index (χ1v) is 8.08. The number of halogens is 1. The normalized spacial score (nSPS) is 26.9. The van der Waals surface area contributed by atoms with Gasteiger partial charge in [0.05, 0.1) is 12.0 Å². The summed E-state index contributed by atoms with van der Waals surface area (Å²) in [6, 6.07) is 7.68. The first-order valence-electron chi connectivity index (χ1n) is 5.81. The fraction of sp³-hybridized carbons (Fsp3) is 0.417. The predicted molar refractivity (Wildman–Crippen MR) is 67.3 cm³/mol. The molecule has 1 fully saturated rings. The lowest BCUT2D eigenvalue weighted by Gasteiger charge is -2.52. The van der Waals surface area contributed by atoms with Crippen LogP contribution in [0.3, 0.4) is 0 Å². The van der Waals surface area contributed by atoms with E-state index in [-0.39, 0.29) is 6.42 Å². The molecule has 1 aliphatic heterocycles. The first-order chi connectivity index (χ1) is 8.45. The van der Waals surface area contributed by atoms with Crippen molar-refractivity contribution >= 4 is 25.8 Å². The molecule has 96 valence electrons. The summed E-state index contributed by atoms with van der Waals surface area (Å²) in [7, 11) is 1.39. The number of carbonyl (C=O) groups is 1. The maximum absolute atomic E-state index is 11.6. The molecule has 0 radical (unpaired) electrons. The minimum atomic E-state index is -4.01. The van der Waals surface area contributed by atoms with E-state index in [1.807, 2.05) is 24.3 Å². The number of fused-ring (bicyclic) bond motifs is 2. The van der Waals surface area contributed by atoms with Gasteiger partial charge in [0.2, 0.25) is 5.91 Å². The molecule has 18 heavy (non-hydrogen) atoms. The molecule has 0 saturated carbocycles. The fourth-order valence-corrected chi connectivity index (χ4v) is 4.77. The molecule has 1 atom stereocenters. The molecule has 2 aliphatic rings. The molecule has 1 aromatic rings. The Hall–Kier alpha value is -1.07. The van der Waals surface area contributed by atoms with Gasteiger partial charge < -0.3 is 0 Å². The highest BCUT2D eigenvalue weighted by Crippen LogP contribution is 2.51. The molecule has 0 N–H and O–H groups in total. The van der Waals surface area contributed by atoms with Gasteiger partial charge in [0.25, 0.3) is 0 Å². The molecule has 1 amide bonds. The fourth-order valence-electron chi connectivity index (χ4n) is 3.16. The van der Waals surface area contributed by atoms with Crippen LogP contribution >= 0.6 is 10.7 Å². The van der Waals surface area contributed by atoms with E-state index in [1.165, 1.54) is 0 Å². The highest BCUT2D eigenvalue weighted by molar-refractivity contribution is 8.12. The molecule has 1 aliphatic carbocycles. The van der Waals surface area contributed by atoms with Crippen molar-refractivity contribution in [2.45, 2.75) is 31.2 Å². The highest BCUT2D eigenvalue weighted by atomic mass is 35.7. The van der Waals surface area contributed by atoms with Gasteiger partial charge in [-0.3, -0.25) is 4.79 Å². The van der Waals surface area contributed by atoms with Gasteiger partial charge in [0.15, 0.2) is 0 Å². The Bertz CT molecular complexity index is 628. The van der Waals surface area contributed by atoms with E-state index in [9.17, 15) is 13.2 Å². The molecule has 4 nitrogen and oxygen atoms in total. The van der Waals surface area contributed by atoms with Crippen molar-refractivity contribution < 1.29 is 13.2 Å². The van der Waals surface area contributed by atoms with Gasteiger partial charge in [-0.05, 0) is 30.4 Å². The molecular weight excluding hydrogens is 274 g/mol. The van der Waals surface area contributed by atoms with Crippen LogP contribution in [0.1, 0.15) is 30.4 Å². The zero-order valence-electron chi connectivity index (χ0n) is 9.60. The molecular formula is C12H12ClNO3S. The van der Waals surface area contributed by atoms with Crippen molar-refractivity contribution in [3.05, 3.63) is 35.4 Å². The zero-order valence-corrected chi connectivity index (χ0v) is 11.2. The maximum atomic E-state index is 11.6. The molecule has 1 saturated heterocycles. The SMILES string of the molecule is O=C1CC2(CCCc3ccccc32)N1S(=O)(=O)Cl. The Morgan fingerprint density at radius 2 is 2.00 bits per heavy atom. The molecule has 1 unspecified atom stereocenters. The van der Waals surface area contributed by atoms with E-state index in [0.717, 1.165) is 28.3 Å². The summed E-state index contributed by atoms with van der Waals surface area (Å²) >= 11 is 0. The van der Waals surface area contributed by atoms with Gasteiger partial charge >= 0.3 is 9.24 Å². The van der Waals surface area contributed by atoms with Gasteiger partial charge in [-0.2, -0.15) is 8.42 Å². The van der Waals surface area contributed by atoms with Crippen molar-refractivity contribution in [2.75, 3.05) is 0 Å². The number of β-lactam (4-membered cyclic amide) rings is 1. The van der Waals surface area contributed by atoms with E-state index in [2.05, 4.69) is 0 Å². The number of aryl methyl sites for hydroxylation is 1. The van der Waals surface area contributed by atoms with Crippen LogP contribution in [-0.2, 0) is 26.0 Å². The van der Waals surface area contributed by atoms with Gasteiger partial charge in [-0.25, -0.2) is 4.31 Å². The van der Waals surface area contributed by atoms with Crippen LogP contribution in [0.4, 0.5) is 0 Å². The molecule has 0 bridgehead atoms. The molecule has 1 spiro atoms. The van der Waals surface area contributed by atoms with Crippen LogP contribution in [0.15, 0.2) is 24.3 Å². The second-order valence-corrected chi connectivity index (χ2v) is 7.18. The quantitative estimate of drug-likeness (QED) is 0.585. The number of rotatable bonds is 1.